The molecule has 1 N–H and O–H groups in total. The normalized spacial score (nSPS) is 10.8. The highest BCUT2D eigenvalue weighted by atomic mass is 35.5. The van der Waals surface area contributed by atoms with Crippen molar-refractivity contribution in [3.05, 3.63) is 53.3 Å². The van der Waals surface area contributed by atoms with Gasteiger partial charge in [0, 0.05) is 30.4 Å². The number of anilines is 1. The summed E-state index contributed by atoms with van der Waals surface area (Å²) in [5, 5.41) is 12.6. The molecule has 7 heteroatoms. The minimum Gasteiger partial charge on any atom is -0.379 e. The van der Waals surface area contributed by atoms with Crippen LogP contribution in [0.2, 0.25) is 5.02 Å². The lowest BCUT2D eigenvalue weighted by Crippen LogP contribution is -2.05. The first-order valence-electron chi connectivity index (χ1n) is 6.51. The van der Waals surface area contributed by atoms with Crippen molar-refractivity contribution in [2.75, 3.05) is 5.32 Å². The Morgan fingerprint density at radius 2 is 2.19 bits per heavy atom. The molecule has 1 aromatic carbocycles. The summed E-state index contributed by atoms with van der Waals surface area (Å²) in [5.74, 6) is 0. The van der Waals surface area contributed by atoms with Crippen molar-refractivity contribution < 1.29 is 0 Å². The van der Waals surface area contributed by atoms with E-state index in [-0.39, 0.29) is 0 Å². The van der Waals surface area contributed by atoms with Gasteiger partial charge >= 0.3 is 0 Å². The lowest BCUT2D eigenvalue weighted by atomic mass is 10.2. The number of hydrogen-bond donors (Lipinski definition) is 1. The van der Waals surface area contributed by atoms with E-state index in [0.29, 0.717) is 11.6 Å². The molecule has 0 unspecified atom stereocenters. The van der Waals surface area contributed by atoms with Crippen LogP contribution < -0.4 is 5.32 Å². The van der Waals surface area contributed by atoms with Crippen LogP contribution in [0.1, 0.15) is 11.3 Å². The highest BCUT2D eigenvalue weighted by Crippen LogP contribution is 2.24. The van der Waals surface area contributed by atoms with Crippen LogP contribution in [-0.2, 0) is 13.6 Å². The summed E-state index contributed by atoms with van der Waals surface area (Å²) in [7, 11) is 1.91. The fraction of sp³-hybridized carbons (Fsp3) is 0.214. The average molecular weight is 303 g/mol. The second-order valence-corrected chi connectivity index (χ2v) is 5.20. The molecule has 3 rings (SSSR count). The molecule has 3 aromatic rings. The molecule has 0 radical (unpaired) electrons. The van der Waals surface area contributed by atoms with E-state index in [2.05, 4.69) is 20.5 Å². The Kier molecular flexibility index (Phi) is 3.62. The lowest BCUT2D eigenvalue weighted by molar-refractivity contribution is 0.756. The van der Waals surface area contributed by atoms with Gasteiger partial charge in [-0.15, -0.1) is 0 Å². The molecule has 0 spiro atoms. The van der Waals surface area contributed by atoms with Gasteiger partial charge in [-0.3, -0.25) is 4.68 Å². The summed E-state index contributed by atoms with van der Waals surface area (Å²) >= 11 is 6.09. The lowest BCUT2D eigenvalue weighted by Gasteiger charge is -2.12. The molecule has 21 heavy (non-hydrogen) atoms. The van der Waals surface area contributed by atoms with E-state index in [1.807, 2.05) is 43.0 Å². The second-order valence-electron chi connectivity index (χ2n) is 4.77. The number of nitrogens with zero attached hydrogens (tertiary/aromatic N) is 5. The predicted octanol–water partition coefficient (Wildman–Crippen LogP) is 2.57. The van der Waals surface area contributed by atoms with Gasteiger partial charge in [0.05, 0.1) is 17.1 Å². The van der Waals surface area contributed by atoms with Crippen LogP contribution in [0.3, 0.4) is 0 Å². The van der Waals surface area contributed by atoms with Gasteiger partial charge in [-0.2, -0.15) is 10.2 Å². The number of rotatable bonds is 4. The molecule has 0 bridgehead atoms. The van der Waals surface area contributed by atoms with Crippen LogP contribution in [0.5, 0.6) is 0 Å². The van der Waals surface area contributed by atoms with E-state index in [9.17, 15) is 0 Å². The second kappa shape index (κ2) is 5.57. The van der Waals surface area contributed by atoms with Gasteiger partial charge in [-0.1, -0.05) is 11.6 Å². The van der Waals surface area contributed by atoms with Crippen LogP contribution in [0.15, 0.2) is 37.1 Å². The number of benzene rings is 1. The monoisotopic (exact) mass is 302 g/mol. The highest BCUT2D eigenvalue weighted by Gasteiger charge is 2.08. The maximum Gasteiger partial charge on any atom is 0.138 e. The van der Waals surface area contributed by atoms with Crippen molar-refractivity contribution in [2.45, 2.75) is 13.5 Å². The zero-order chi connectivity index (χ0) is 14.8. The van der Waals surface area contributed by atoms with Crippen LogP contribution in [-0.4, -0.2) is 24.5 Å². The Bertz CT molecular complexity index is 747. The maximum atomic E-state index is 6.09. The van der Waals surface area contributed by atoms with Gasteiger partial charge < -0.3 is 5.32 Å². The van der Waals surface area contributed by atoms with Crippen molar-refractivity contribution in [2.24, 2.45) is 7.05 Å². The Hall–Kier alpha value is -2.34. The standard InChI is InChI=1S/C14H15ClN6/c1-10-11(7-20(2)19-10)6-17-13-5-12(15)3-4-14(13)21-9-16-8-18-21/h3-5,7-9,17H,6H2,1-2H3. The first-order chi connectivity index (χ1) is 10.1. The SMILES string of the molecule is Cc1nn(C)cc1CNc1cc(Cl)ccc1-n1cncn1. The fourth-order valence-electron chi connectivity index (χ4n) is 2.19. The zero-order valence-corrected chi connectivity index (χ0v) is 12.5. The fourth-order valence-corrected chi connectivity index (χ4v) is 2.37. The van der Waals surface area contributed by atoms with Gasteiger partial charge in [0.1, 0.15) is 12.7 Å². The van der Waals surface area contributed by atoms with Gasteiger partial charge in [-0.05, 0) is 25.1 Å². The zero-order valence-electron chi connectivity index (χ0n) is 11.8. The molecular weight excluding hydrogens is 288 g/mol. The van der Waals surface area contributed by atoms with Crippen LogP contribution in [0.25, 0.3) is 5.69 Å². The summed E-state index contributed by atoms with van der Waals surface area (Å²) in [6.45, 7) is 2.66. The summed E-state index contributed by atoms with van der Waals surface area (Å²) in [6.07, 6.45) is 5.16. The third-order valence-electron chi connectivity index (χ3n) is 3.21. The van der Waals surface area contributed by atoms with E-state index in [0.717, 1.165) is 22.6 Å². The van der Waals surface area contributed by atoms with Crippen molar-refractivity contribution in [1.29, 1.82) is 0 Å². The molecular formula is C14H15ClN6. The maximum absolute atomic E-state index is 6.09. The first-order valence-corrected chi connectivity index (χ1v) is 6.89. The molecule has 0 aliphatic carbocycles. The minimum absolute atomic E-state index is 0.668. The van der Waals surface area contributed by atoms with Gasteiger partial charge in [-0.25, -0.2) is 9.67 Å². The van der Waals surface area contributed by atoms with Gasteiger partial charge in [0.15, 0.2) is 0 Å². The quantitative estimate of drug-likeness (QED) is 0.804. The summed E-state index contributed by atoms with van der Waals surface area (Å²) in [4.78, 5) is 3.98. The van der Waals surface area contributed by atoms with Crippen molar-refractivity contribution in [1.82, 2.24) is 24.5 Å². The molecule has 0 amide bonds. The summed E-state index contributed by atoms with van der Waals surface area (Å²) in [5.41, 5.74) is 3.95. The molecule has 2 aromatic heterocycles. The molecule has 0 aliphatic rings. The molecule has 0 saturated carbocycles. The van der Waals surface area contributed by atoms with E-state index in [1.165, 1.54) is 6.33 Å². The number of halogens is 1. The molecule has 108 valence electrons. The van der Waals surface area contributed by atoms with E-state index in [1.54, 1.807) is 11.0 Å². The topological polar surface area (TPSA) is 60.6 Å². The van der Waals surface area contributed by atoms with Gasteiger partial charge in [0.25, 0.3) is 0 Å². The molecule has 0 aliphatic heterocycles. The van der Waals surface area contributed by atoms with Crippen LogP contribution >= 0.6 is 11.6 Å². The smallest absolute Gasteiger partial charge is 0.138 e. The Morgan fingerprint density at radius 1 is 1.33 bits per heavy atom. The van der Waals surface area contributed by atoms with Gasteiger partial charge in [0.2, 0.25) is 0 Å². The Labute approximate surface area is 127 Å². The highest BCUT2D eigenvalue weighted by molar-refractivity contribution is 6.31. The number of aromatic nitrogens is 5. The molecule has 0 saturated heterocycles. The van der Waals surface area contributed by atoms with Crippen LogP contribution in [0, 0.1) is 6.92 Å². The third kappa shape index (κ3) is 2.90. The Morgan fingerprint density at radius 3 is 2.86 bits per heavy atom. The summed E-state index contributed by atoms with van der Waals surface area (Å²) < 4.78 is 3.51. The number of aryl methyl sites for hydroxylation is 2. The number of hydrogen-bond acceptors (Lipinski definition) is 4. The third-order valence-corrected chi connectivity index (χ3v) is 3.44. The molecule has 0 atom stereocenters. The molecule has 0 fully saturated rings. The minimum atomic E-state index is 0.668. The average Bonchev–Trinajstić information content (AvgIpc) is 3.06. The first kappa shape index (κ1) is 13.6. The Balaban J connectivity index is 1.88. The van der Waals surface area contributed by atoms with Crippen molar-refractivity contribution in [3.8, 4) is 5.69 Å². The molecule has 6 nitrogen and oxygen atoms in total. The van der Waals surface area contributed by atoms with Crippen LogP contribution in [0.4, 0.5) is 5.69 Å². The number of nitrogens with one attached hydrogen (secondary N) is 1. The van der Waals surface area contributed by atoms with Crippen molar-refractivity contribution >= 4 is 17.3 Å². The predicted molar refractivity (Wildman–Crippen MR) is 81.6 cm³/mol. The van der Waals surface area contributed by atoms with E-state index >= 15 is 0 Å². The van der Waals surface area contributed by atoms with E-state index in [4.69, 9.17) is 11.6 Å². The molecule has 2 heterocycles. The van der Waals surface area contributed by atoms with E-state index < -0.39 is 0 Å². The summed E-state index contributed by atoms with van der Waals surface area (Å²) in [6, 6.07) is 5.62. The van der Waals surface area contributed by atoms with Crippen molar-refractivity contribution in [3.63, 3.8) is 0 Å². The largest absolute Gasteiger partial charge is 0.379 e.